The molecule has 2 aliphatic rings. The molecule has 2 aromatic carbocycles. The average molecular weight is 776 g/mol. The topological polar surface area (TPSA) is 155 Å². The summed E-state index contributed by atoms with van der Waals surface area (Å²) in [6, 6.07) is 15.5. The van der Waals surface area contributed by atoms with Crippen LogP contribution in [0, 0.1) is 17.3 Å². The Morgan fingerprint density at radius 3 is 1.86 bits per heavy atom. The molecule has 1 saturated heterocycles. The van der Waals surface area contributed by atoms with Crippen molar-refractivity contribution in [2.24, 2.45) is 17.3 Å². The van der Waals surface area contributed by atoms with E-state index in [0.29, 0.717) is 32.3 Å². The number of carbonyl (C=O) groups excluding carboxylic acids is 5. The zero-order chi connectivity index (χ0) is 40.5. The second-order valence-corrected chi connectivity index (χ2v) is 16.6. The molecule has 12 nitrogen and oxygen atoms in total. The first-order chi connectivity index (χ1) is 26.8. The van der Waals surface area contributed by atoms with Crippen LogP contribution in [0.25, 0.3) is 0 Å². The Labute approximate surface area is 333 Å². The Kier molecular flexibility index (Phi) is 18.0. The molecule has 0 aromatic heterocycles. The minimum Gasteiger partial charge on any atom is -0.379 e. The van der Waals surface area contributed by atoms with Gasteiger partial charge in [0.1, 0.15) is 24.7 Å². The largest absolute Gasteiger partial charge is 0.379 e. The van der Waals surface area contributed by atoms with Crippen molar-refractivity contribution in [1.82, 2.24) is 26.2 Å². The van der Waals surface area contributed by atoms with Gasteiger partial charge in [0.05, 0.1) is 19.3 Å². The fraction of sp³-hybridized carbons (Fsp3) is 0.614. The number of amides is 4. The smallest absolute Gasteiger partial charge is 0.246 e. The molecule has 2 fully saturated rings. The lowest BCUT2D eigenvalue weighted by Crippen LogP contribution is -2.59. The summed E-state index contributed by atoms with van der Waals surface area (Å²) in [5, 5.41) is 11.7. The number of ketones is 1. The lowest BCUT2D eigenvalue weighted by molar-refractivity contribution is -0.135. The van der Waals surface area contributed by atoms with Gasteiger partial charge in [0, 0.05) is 38.1 Å². The molecule has 4 amide bonds. The first-order valence-corrected chi connectivity index (χ1v) is 20.5. The van der Waals surface area contributed by atoms with Crippen molar-refractivity contribution in [3.8, 4) is 0 Å². The van der Waals surface area contributed by atoms with E-state index >= 15 is 0 Å². The van der Waals surface area contributed by atoms with Crippen LogP contribution in [-0.2, 0) is 46.3 Å². The van der Waals surface area contributed by atoms with E-state index in [1.54, 1.807) is 0 Å². The van der Waals surface area contributed by atoms with Gasteiger partial charge in [0.25, 0.3) is 0 Å². The summed E-state index contributed by atoms with van der Waals surface area (Å²) >= 11 is 0. The molecule has 1 saturated carbocycles. The Bertz CT molecular complexity index is 1540. The van der Waals surface area contributed by atoms with Crippen LogP contribution in [0.4, 0.5) is 0 Å². The van der Waals surface area contributed by atoms with Gasteiger partial charge in [-0.3, -0.25) is 28.9 Å². The Morgan fingerprint density at radius 2 is 1.25 bits per heavy atom. The minimum atomic E-state index is -1.00. The van der Waals surface area contributed by atoms with Gasteiger partial charge in [-0.2, -0.15) is 0 Å². The first kappa shape index (κ1) is 44.6. The first-order valence-electron chi connectivity index (χ1n) is 20.5. The molecular formula is C44H65N5O7. The number of hydrogen-bond donors (Lipinski definition) is 4. The van der Waals surface area contributed by atoms with E-state index < -0.39 is 53.2 Å². The number of rotatable bonds is 24. The SMILES string of the molecule is CC(C)C[C@H](NC(=O)[C@H](CCc1ccccc1)NC(=O)COCCCN1CCOCC1)C(=O)N[C@@H](Cc1ccccc1)C(=O)N[C@@H](CC(C)C)C(=O)C1(C)CC1. The second kappa shape index (κ2) is 22.6. The minimum absolute atomic E-state index is 0.0167. The maximum absolute atomic E-state index is 14.1. The van der Waals surface area contributed by atoms with Gasteiger partial charge in [-0.05, 0) is 67.9 Å². The number of carbonyl (C=O) groups is 5. The third-order valence-corrected chi connectivity index (χ3v) is 10.5. The molecule has 4 rings (SSSR count). The zero-order valence-electron chi connectivity index (χ0n) is 34.1. The highest BCUT2D eigenvalue weighted by molar-refractivity contribution is 5.97. The van der Waals surface area contributed by atoms with Gasteiger partial charge in [0.15, 0.2) is 5.78 Å². The third-order valence-electron chi connectivity index (χ3n) is 10.5. The van der Waals surface area contributed by atoms with E-state index in [2.05, 4.69) is 26.2 Å². The molecule has 1 aliphatic heterocycles. The molecule has 56 heavy (non-hydrogen) atoms. The summed E-state index contributed by atoms with van der Waals surface area (Å²) in [6.07, 6.45) is 4.19. The third kappa shape index (κ3) is 15.4. The van der Waals surface area contributed by atoms with E-state index in [1.807, 2.05) is 95.3 Å². The molecule has 308 valence electrons. The van der Waals surface area contributed by atoms with Gasteiger partial charge in [0.2, 0.25) is 23.6 Å². The Morgan fingerprint density at radius 1 is 0.714 bits per heavy atom. The maximum atomic E-state index is 14.1. The summed E-state index contributed by atoms with van der Waals surface area (Å²) in [4.78, 5) is 71.1. The molecule has 12 heteroatoms. The molecular weight excluding hydrogens is 711 g/mol. The van der Waals surface area contributed by atoms with Crippen LogP contribution in [0.15, 0.2) is 60.7 Å². The van der Waals surface area contributed by atoms with Gasteiger partial charge in [-0.25, -0.2) is 0 Å². The lowest BCUT2D eigenvalue weighted by atomic mass is 9.91. The fourth-order valence-corrected chi connectivity index (χ4v) is 6.98. The highest BCUT2D eigenvalue weighted by Gasteiger charge is 2.48. The van der Waals surface area contributed by atoms with Crippen molar-refractivity contribution < 1.29 is 33.4 Å². The van der Waals surface area contributed by atoms with Crippen molar-refractivity contribution in [2.45, 2.75) is 110 Å². The summed E-state index contributed by atoms with van der Waals surface area (Å²) in [7, 11) is 0. The zero-order valence-corrected chi connectivity index (χ0v) is 34.1. The Hall–Kier alpha value is -4.13. The van der Waals surface area contributed by atoms with E-state index in [4.69, 9.17) is 9.47 Å². The van der Waals surface area contributed by atoms with E-state index in [1.165, 1.54) is 0 Å². The monoisotopic (exact) mass is 775 g/mol. The molecule has 2 aromatic rings. The number of benzene rings is 2. The predicted molar refractivity (Wildman–Crippen MR) is 217 cm³/mol. The molecule has 0 radical (unpaired) electrons. The van der Waals surface area contributed by atoms with Crippen molar-refractivity contribution in [3.05, 3.63) is 71.8 Å². The molecule has 0 spiro atoms. The molecule has 0 bridgehead atoms. The highest BCUT2D eigenvalue weighted by Crippen LogP contribution is 2.47. The molecule has 1 heterocycles. The maximum Gasteiger partial charge on any atom is 0.246 e. The van der Waals surface area contributed by atoms with Crippen LogP contribution in [-0.4, -0.2) is 105 Å². The molecule has 1 aliphatic carbocycles. The molecule has 0 unspecified atom stereocenters. The van der Waals surface area contributed by atoms with Crippen molar-refractivity contribution in [1.29, 1.82) is 0 Å². The van der Waals surface area contributed by atoms with E-state index in [9.17, 15) is 24.0 Å². The quantitative estimate of drug-likeness (QED) is 0.117. The fourth-order valence-electron chi connectivity index (χ4n) is 6.98. The lowest BCUT2D eigenvalue weighted by Gasteiger charge is -2.28. The van der Waals surface area contributed by atoms with Crippen molar-refractivity contribution in [2.75, 3.05) is 46.1 Å². The summed E-state index contributed by atoms with van der Waals surface area (Å²) in [6.45, 7) is 14.2. The van der Waals surface area contributed by atoms with Crippen LogP contribution < -0.4 is 21.3 Å². The van der Waals surface area contributed by atoms with Crippen LogP contribution in [0.5, 0.6) is 0 Å². The van der Waals surface area contributed by atoms with Crippen LogP contribution in [0.2, 0.25) is 0 Å². The van der Waals surface area contributed by atoms with Gasteiger partial charge in [-0.15, -0.1) is 0 Å². The number of morpholine rings is 1. The summed E-state index contributed by atoms with van der Waals surface area (Å²) < 4.78 is 11.1. The van der Waals surface area contributed by atoms with Crippen molar-refractivity contribution in [3.63, 3.8) is 0 Å². The number of Topliss-reactive ketones (excluding diaryl/α,β-unsaturated/α-hetero) is 1. The number of aryl methyl sites for hydroxylation is 1. The van der Waals surface area contributed by atoms with Crippen LogP contribution in [0.3, 0.4) is 0 Å². The summed E-state index contributed by atoms with van der Waals surface area (Å²) in [5.74, 6) is -1.66. The number of nitrogens with zero attached hydrogens (tertiary/aromatic N) is 1. The van der Waals surface area contributed by atoms with Crippen LogP contribution >= 0.6 is 0 Å². The highest BCUT2D eigenvalue weighted by atomic mass is 16.5. The second-order valence-electron chi connectivity index (χ2n) is 16.6. The number of ether oxygens (including phenoxy) is 2. The van der Waals surface area contributed by atoms with Gasteiger partial charge in [-0.1, -0.05) is 95.3 Å². The molecule has 4 atom stereocenters. The molecule has 4 N–H and O–H groups in total. The van der Waals surface area contributed by atoms with Gasteiger partial charge < -0.3 is 30.7 Å². The normalized spacial score (nSPS) is 17.3. The van der Waals surface area contributed by atoms with Crippen molar-refractivity contribution >= 4 is 29.4 Å². The van der Waals surface area contributed by atoms with E-state index in [0.717, 1.165) is 63.2 Å². The number of hydrogen-bond acceptors (Lipinski definition) is 8. The average Bonchev–Trinajstić information content (AvgIpc) is 3.94. The summed E-state index contributed by atoms with van der Waals surface area (Å²) in [5.41, 5.74) is 1.42. The Balaban J connectivity index is 1.45. The predicted octanol–water partition coefficient (Wildman–Crippen LogP) is 4.00. The van der Waals surface area contributed by atoms with Gasteiger partial charge >= 0.3 is 0 Å². The number of nitrogens with one attached hydrogen (secondary N) is 4. The standard InChI is InChI=1S/C44H65N5O7/c1-31(2)27-36(40(51)44(5)19-20-44)46-43(54)38(29-34-15-10-7-11-16-34)48-42(53)37(28-32(3)4)47-41(52)35(18-17-33-13-8-6-9-14-33)45-39(50)30-56-24-12-21-49-22-25-55-26-23-49/h6-11,13-16,31-32,35-38H,12,17-30H2,1-5H3,(H,45,50)(H,46,54)(H,47,52)(H,48,53)/t35-,36-,37-,38-/m0/s1. The van der Waals surface area contributed by atoms with Crippen LogP contribution in [0.1, 0.15) is 84.3 Å². The van der Waals surface area contributed by atoms with E-state index in [-0.39, 0.29) is 30.6 Å².